The molecule has 1 N–H and O–H groups in total. The summed E-state index contributed by atoms with van der Waals surface area (Å²) < 4.78 is 5.35. The zero-order valence-corrected chi connectivity index (χ0v) is 17.1. The van der Waals surface area contributed by atoms with Crippen LogP contribution in [0.2, 0.25) is 0 Å². The molecule has 0 radical (unpaired) electrons. The molecule has 3 saturated heterocycles. The molecule has 162 valence electrons. The molecule has 0 bridgehead atoms. The van der Waals surface area contributed by atoms with E-state index in [4.69, 9.17) is 4.74 Å². The molecule has 4 rings (SSSR count). The lowest BCUT2D eigenvalue weighted by Crippen LogP contribution is -2.54. The standard InChI is InChI=1S/C20H28N6O4/c27-18(24-5-1-2-6-24)19(28)25-7-9-26(10-8-25)20(29)22-16-3-4-17(21-15-16)23-11-13-30-14-12-23/h3-4,15H,1-2,5-14H2,(H,22,29). The van der Waals surface area contributed by atoms with Crippen molar-refractivity contribution in [2.45, 2.75) is 12.8 Å². The molecule has 0 unspecified atom stereocenters. The van der Waals surface area contributed by atoms with Gasteiger partial charge in [-0.3, -0.25) is 9.59 Å². The van der Waals surface area contributed by atoms with Crippen LogP contribution < -0.4 is 10.2 Å². The third-order valence-electron chi connectivity index (χ3n) is 5.76. The van der Waals surface area contributed by atoms with Crippen molar-refractivity contribution in [2.24, 2.45) is 0 Å². The van der Waals surface area contributed by atoms with E-state index >= 15 is 0 Å². The minimum absolute atomic E-state index is 0.228. The number of rotatable bonds is 2. The molecule has 3 fully saturated rings. The second-order valence-corrected chi connectivity index (χ2v) is 7.71. The summed E-state index contributed by atoms with van der Waals surface area (Å²) in [4.78, 5) is 48.6. The van der Waals surface area contributed by atoms with Crippen LogP contribution in [0.1, 0.15) is 12.8 Å². The maximum atomic E-state index is 12.6. The molecule has 1 aromatic rings. The van der Waals surface area contributed by atoms with Gasteiger partial charge < -0.3 is 29.7 Å². The van der Waals surface area contributed by atoms with Gasteiger partial charge in [-0.2, -0.15) is 0 Å². The van der Waals surface area contributed by atoms with Crippen LogP contribution >= 0.6 is 0 Å². The van der Waals surface area contributed by atoms with E-state index < -0.39 is 11.8 Å². The monoisotopic (exact) mass is 416 g/mol. The molecular weight excluding hydrogens is 388 g/mol. The molecule has 10 nitrogen and oxygen atoms in total. The number of pyridine rings is 1. The predicted molar refractivity (Wildman–Crippen MR) is 110 cm³/mol. The van der Waals surface area contributed by atoms with Crippen LogP contribution in [0.25, 0.3) is 0 Å². The number of likely N-dealkylation sites (tertiary alicyclic amines) is 1. The van der Waals surface area contributed by atoms with Gasteiger partial charge in [0.2, 0.25) is 0 Å². The van der Waals surface area contributed by atoms with Crippen LogP contribution in [0, 0.1) is 0 Å². The van der Waals surface area contributed by atoms with Crippen molar-refractivity contribution in [1.29, 1.82) is 0 Å². The molecule has 3 aliphatic rings. The summed E-state index contributed by atoms with van der Waals surface area (Å²) in [6.07, 6.45) is 3.56. The highest BCUT2D eigenvalue weighted by Gasteiger charge is 2.31. The maximum Gasteiger partial charge on any atom is 0.322 e. The van der Waals surface area contributed by atoms with Crippen LogP contribution in [-0.4, -0.2) is 103 Å². The van der Waals surface area contributed by atoms with Gasteiger partial charge in [0.05, 0.1) is 25.1 Å². The van der Waals surface area contributed by atoms with Gasteiger partial charge in [-0.25, -0.2) is 9.78 Å². The van der Waals surface area contributed by atoms with Crippen molar-refractivity contribution >= 4 is 29.4 Å². The van der Waals surface area contributed by atoms with Gasteiger partial charge in [-0.15, -0.1) is 0 Å². The molecule has 0 aromatic carbocycles. The molecule has 10 heteroatoms. The molecular formula is C20H28N6O4. The van der Waals surface area contributed by atoms with Crippen LogP contribution in [-0.2, 0) is 14.3 Å². The average Bonchev–Trinajstić information content (AvgIpc) is 3.34. The number of hydrogen-bond donors (Lipinski definition) is 1. The third-order valence-corrected chi connectivity index (χ3v) is 5.76. The second kappa shape index (κ2) is 9.29. The molecule has 0 saturated carbocycles. The lowest BCUT2D eigenvalue weighted by atomic mass is 10.3. The van der Waals surface area contributed by atoms with Gasteiger partial charge in [0, 0.05) is 52.4 Å². The van der Waals surface area contributed by atoms with Gasteiger partial charge in [0.1, 0.15) is 5.82 Å². The number of aromatic nitrogens is 1. The van der Waals surface area contributed by atoms with E-state index in [0.717, 1.165) is 31.7 Å². The van der Waals surface area contributed by atoms with Crippen LogP contribution in [0.3, 0.4) is 0 Å². The molecule has 3 aliphatic heterocycles. The number of carbonyl (C=O) groups is 3. The van der Waals surface area contributed by atoms with E-state index in [-0.39, 0.29) is 6.03 Å². The molecule has 4 heterocycles. The Morgan fingerprint density at radius 2 is 1.40 bits per heavy atom. The molecule has 30 heavy (non-hydrogen) atoms. The van der Waals surface area contributed by atoms with Gasteiger partial charge in [-0.1, -0.05) is 0 Å². The lowest BCUT2D eigenvalue weighted by molar-refractivity contribution is -0.152. The normalized spacial score (nSPS) is 19.7. The minimum Gasteiger partial charge on any atom is -0.378 e. The summed E-state index contributed by atoms with van der Waals surface area (Å²) in [6.45, 7) is 5.82. The van der Waals surface area contributed by atoms with Gasteiger partial charge in [0.25, 0.3) is 0 Å². The molecule has 0 atom stereocenters. The Balaban J connectivity index is 1.25. The first-order valence-electron chi connectivity index (χ1n) is 10.5. The van der Waals surface area contributed by atoms with Crippen LogP contribution in [0.15, 0.2) is 18.3 Å². The first kappa shape index (κ1) is 20.4. The third kappa shape index (κ3) is 4.64. The Labute approximate surface area is 175 Å². The fourth-order valence-electron chi connectivity index (χ4n) is 3.95. The first-order chi connectivity index (χ1) is 14.6. The Morgan fingerprint density at radius 3 is 2.00 bits per heavy atom. The first-order valence-corrected chi connectivity index (χ1v) is 10.5. The van der Waals surface area contributed by atoms with Crippen molar-refractivity contribution < 1.29 is 19.1 Å². The van der Waals surface area contributed by atoms with E-state index in [0.29, 0.717) is 58.2 Å². The topological polar surface area (TPSA) is 98.3 Å². The van der Waals surface area contributed by atoms with Crippen molar-refractivity contribution in [3.63, 3.8) is 0 Å². The largest absolute Gasteiger partial charge is 0.378 e. The van der Waals surface area contributed by atoms with E-state index in [1.807, 2.05) is 12.1 Å². The van der Waals surface area contributed by atoms with E-state index in [1.165, 1.54) is 0 Å². The predicted octanol–water partition coefficient (Wildman–Crippen LogP) is 0.217. The number of nitrogens with zero attached hydrogens (tertiary/aromatic N) is 5. The van der Waals surface area contributed by atoms with E-state index in [1.54, 1.807) is 20.9 Å². The number of morpholine rings is 1. The number of hydrogen-bond acceptors (Lipinski definition) is 6. The van der Waals surface area contributed by atoms with Crippen LogP contribution in [0.4, 0.5) is 16.3 Å². The van der Waals surface area contributed by atoms with E-state index in [9.17, 15) is 14.4 Å². The fourth-order valence-corrected chi connectivity index (χ4v) is 3.95. The van der Waals surface area contributed by atoms with Gasteiger partial charge >= 0.3 is 17.8 Å². The Bertz CT molecular complexity index is 766. The number of nitrogens with one attached hydrogen (secondary N) is 1. The smallest absolute Gasteiger partial charge is 0.322 e. The highest BCUT2D eigenvalue weighted by molar-refractivity contribution is 6.35. The Hall–Kier alpha value is -2.88. The SMILES string of the molecule is O=C(Nc1ccc(N2CCOCC2)nc1)N1CCN(C(=O)C(=O)N2CCCC2)CC1. The van der Waals surface area contributed by atoms with Gasteiger partial charge in [0.15, 0.2) is 0 Å². The summed E-state index contributed by atoms with van der Waals surface area (Å²) >= 11 is 0. The van der Waals surface area contributed by atoms with E-state index in [2.05, 4.69) is 15.2 Å². The zero-order chi connectivity index (χ0) is 20.9. The summed E-state index contributed by atoms with van der Waals surface area (Å²) in [7, 11) is 0. The number of ether oxygens (including phenoxy) is 1. The summed E-state index contributed by atoms with van der Waals surface area (Å²) in [5.41, 5.74) is 0.625. The molecule has 0 aliphatic carbocycles. The molecule has 0 spiro atoms. The van der Waals surface area contributed by atoms with Crippen molar-refractivity contribution in [3.05, 3.63) is 18.3 Å². The Kier molecular flexibility index (Phi) is 6.32. The maximum absolute atomic E-state index is 12.6. The zero-order valence-electron chi connectivity index (χ0n) is 17.1. The summed E-state index contributed by atoms with van der Waals surface area (Å²) in [6, 6.07) is 3.50. The number of carbonyl (C=O) groups excluding carboxylic acids is 3. The number of anilines is 2. The number of amides is 4. The highest BCUT2D eigenvalue weighted by Crippen LogP contribution is 2.16. The highest BCUT2D eigenvalue weighted by atomic mass is 16.5. The van der Waals surface area contributed by atoms with Crippen molar-refractivity contribution in [3.8, 4) is 0 Å². The Morgan fingerprint density at radius 1 is 0.800 bits per heavy atom. The average molecular weight is 416 g/mol. The lowest BCUT2D eigenvalue weighted by Gasteiger charge is -2.35. The number of urea groups is 1. The van der Waals surface area contributed by atoms with Crippen molar-refractivity contribution in [1.82, 2.24) is 19.7 Å². The number of piperazine rings is 1. The van der Waals surface area contributed by atoms with Crippen LogP contribution in [0.5, 0.6) is 0 Å². The summed E-state index contributed by atoms with van der Waals surface area (Å²) in [5.74, 6) is -0.0113. The van der Waals surface area contributed by atoms with Gasteiger partial charge in [-0.05, 0) is 25.0 Å². The molecule has 1 aromatic heterocycles. The summed E-state index contributed by atoms with van der Waals surface area (Å²) in [5, 5.41) is 2.86. The minimum atomic E-state index is -0.458. The van der Waals surface area contributed by atoms with Crippen molar-refractivity contribution in [2.75, 3.05) is 75.8 Å². The fraction of sp³-hybridized carbons (Fsp3) is 0.600. The molecule has 4 amide bonds. The quantitative estimate of drug-likeness (QED) is 0.693. The second-order valence-electron chi connectivity index (χ2n) is 7.71.